The van der Waals surface area contributed by atoms with Crippen LogP contribution < -0.4 is 25.0 Å². The molecule has 0 aliphatic carbocycles. The fraction of sp³-hybridized carbons (Fsp3) is 0.636. The van der Waals surface area contributed by atoms with Gasteiger partial charge in [0.2, 0.25) is 5.91 Å². The van der Waals surface area contributed by atoms with Crippen LogP contribution in [0.5, 0.6) is 11.5 Å². The van der Waals surface area contributed by atoms with Crippen LogP contribution >= 0.6 is 24.0 Å². The number of benzene rings is 1. The van der Waals surface area contributed by atoms with Crippen molar-refractivity contribution in [3.63, 3.8) is 0 Å². The Hall–Kier alpha value is -1.91. The monoisotopic (exact) mass is 545 g/mol. The summed E-state index contributed by atoms with van der Waals surface area (Å²) >= 11 is 0. The van der Waals surface area contributed by atoms with Gasteiger partial charge in [0.15, 0.2) is 5.96 Å². The topological polar surface area (TPSA) is 78.4 Å². The molecule has 1 aromatic carbocycles. The first kappa shape index (κ1) is 25.4. The zero-order valence-corrected chi connectivity index (χ0v) is 21.2. The van der Waals surface area contributed by atoms with Gasteiger partial charge in [0.1, 0.15) is 11.5 Å². The van der Waals surface area contributed by atoms with Gasteiger partial charge in [-0.2, -0.15) is 0 Å². The van der Waals surface area contributed by atoms with Gasteiger partial charge in [-0.25, -0.2) is 0 Å². The number of amides is 1. The zero-order valence-electron chi connectivity index (χ0n) is 18.9. The van der Waals surface area contributed by atoms with Crippen LogP contribution in [0.25, 0.3) is 0 Å². The van der Waals surface area contributed by atoms with Crippen molar-refractivity contribution < 1.29 is 14.3 Å². The Balaban J connectivity index is 0.00000341. The minimum Gasteiger partial charge on any atom is -0.497 e. The molecule has 1 atom stereocenters. The number of guanidine groups is 1. The molecule has 1 amide bonds. The molecule has 1 unspecified atom stereocenters. The Bertz CT molecular complexity index is 724. The first-order chi connectivity index (χ1) is 14.6. The number of carbonyl (C=O) groups is 1. The number of halogens is 1. The van der Waals surface area contributed by atoms with Gasteiger partial charge in [0, 0.05) is 75.6 Å². The summed E-state index contributed by atoms with van der Waals surface area (Å²) < 4.78 is 10.8. The number of hydrogen-bond donors (Lipinski definition) is 2. The second kappa shape index (κ2) is 12.8. The van der Waals surface area contributed by atoms with Gasteiger partial charge in [-0.3, -0.25) is 9.79 Å². The zero-order chi connectivity index (χ0) is 21.3. The van der Waals surface area contributed by atoms with Crippen LogP contribution in [0.15, 0.2) is 23.2 Å². The van der Waals surface area contributed by atoms with Crippen molar-refractivity contribution in [3.05, 3.63) is 18.2 Å². The molecular formula is C22H36IN5O3. The molecule has 1 aromatic rings. The average molecular weight is 545 g/mol. The number of nitrogens with zero attached hydrogens (tertiary/aromatic N) is 3. The van der Waals surface area contributed by atoms with Gasteiger partial charge >= 0.3 is 0 Å². The van der Waals surface area contributed by atoms with Crippen molar-refractivity contribution >= 4 is 41.5 Å². The number of hydrogen-bond acceptors (Lipinski definition) is 5. The van der Waals surface area contributed by atoms with Crippen molar-refractivity contribution in [1.29, 1.82) is 0 Å². The Morgan fingerprint density at radius 3 is 2.55 bits per heavy atom. The summed E-state index contributed by atoms with van der Waals surface area (Å²) in [4.78, 5) is 20.7. The van der Waals surface area contributed by atoms with Crippen molar-refractivity contribution in [2.24, 2.45) is 4.99 Å². The Labute approximate surface area is 202 Å². The molecule has 2 aliphatic heterocycles. The van der Waals surface area contributed by atoms with Crippen LogP contribution in [0.4, 0.5) is 5.69 Å². The largest absolute Gasteiger partial charge is 0.497 e. The number of aliphatic imine (C=N–C) groups is 1. The molecule has 0 radical (unpaired) electrons. The van der Waals surface area contributed by atoms with Gasteiger partial charge in [0.05, 0.1) is 14.2 Å². The fourth-order valence-electron chi connectivity index (χ4n) is 3.99. The Kier molecular flexibility index (Phi) is 10.5. The molecule has 0 bridgehead atoms. The summed E-state index contributed by atoms with van der Waals surface area (Å²) in [7, 11) is 3.34. The second-order valence-corrected chi connectivity index (χ2v) is 7.75. The Morgan fingerprint density at radius 1 is 1.19 bits per heavy atom. The van der Waals surface area contributed by atoms with E-state index in [9.17, 15) is 4.79 Å². The second-order valence-electron chi connectivity index (χ2n) is 7.75. The average Bonchev–Trinajstić information content (AvgIpc) is 3.39. The normalized spacial score (nSPS) is 18.7. The van der Waals surface area contributed by atoms with Gasteiger partial charge < -0.3 is 29.9 Å². The number of carbonyl (C=O) groups excluding carboxylic acids is 1. The van der Waals surface area contributed by atoms with E-state index in [0.717, 1.165) is 75.1 Å². The summed E-state index contributed by atoms with van der Waals surface area (Å²) in [6.07, 6.45) is 3.61. The van der Waals surface area contributed by atoms with Crippen LogP contribution in [0.3, 0.4) is 0 Å². The molecule has 2 saturated heterocycles. The molecule has 0 saturated carbocycles. The molecule has 3 rings (SSSR count). The number of nitrogens with one attached hydrogen (secondary N) is 2. The van der Waals surface area contributed by atoms with Gasteiger partial charge in [-0.15, -0.1) is 24.0 Å². The van der Waals surface area contributed by atoms with Gasteiger partial charge in [-0.1, -0.05) is 0 Å². The molecule has 2 heterocycles. The molecular weight excluding hydrogens is 509 g/mol. The maximum atomic E-state index is 11.7. The van der Waals surface area contributed by atoms with Crippen LogP contribution in [0, 0.1) is 0 Å². The minimum absolute atomic E-state index is 0. The van der Waals surface area contributed by atoms with E-state index in [0.29, 0.717) is 19.0 Å². The summed E-state index contributed by atoms with van der Waals surface area (Å²) in [6, 6.07) is 6.30. The molecule has 2 N–H and O–H groups in total. The number of rotatable bonds is 9. The van der Waals surface area contributed by atoms with Crippen molar-refractivity contribution in [1.82, 2.24) is 15.5 Å². The highest BCUT2D eigenvalue weighted by molar-refractivity contribution is 14.0. The molecule has 174 valence electrons. The number of methoxy groups -OCH3 is 2. The Morgan fingerprint density at radius 2 is 1.94 bits per heavy atom. The van der Waals surface area contributed by atoms with E-state index < -0.39 is 0 Å². The third kappa shape index (κ3) is 7.33. The van der Waals surface area contributed by atoms with Crippen LogP contribution in [0.2, 0.25) is 0 Å². The quantitative estimate of drug-likeness (QED) is 0.215. The molecule has 2 fully saturated rings. The first-order valence-electron chi connectivity index (χ1n) is 10.9. The van der Waals surface area contributed by atoms with Crippen LogP contribution in [0.1, 0.15) is 32.6 Å². The fourth-order valence-corrected chi connectivity index (χ4v) is 3.99. The molecule has 2 aliphatic rings. The van der Waals surface area contributed by atoms with Crippen molar-refractivity contribution in [2.75, 3.05) is 58.4 Å². The van der Waals surface area contributed by atoms with E-state index in [1.807, 2.05) is 23.1 Å². The standard InChI is InChI=1S/C22H35N5O3.HI/c1-4-23-22(24-9-6-11-26-10-5-7-21(26)28)25-17-8-12-27(16-17)18-13-19(29-2)15-20(14-18)30-3;/h13-15,17H,4-12,16H2,1-3H3,(H2,23,24,25);1H. The smallest absolute Gasteiger partial charge is 0.222 e. The van der Waals surface area contributed by atoms with Gasteiger partial charge in [-0.05, 0) is 26.2 Å². The third-order valence-corrected chi connectivity index (χ3v) is 5.60. The summed E-state index contributed by atoms with van der Waals surface area (Å²) in [5.41, 5.74) is 1.10. The van der Waals surface area contributed by atoms with Gasteiger partial charge in [0.25, 0.3) is 0 Å². The minimum atomic E-state index is 0. The number of anilines is 1. The van der Waals surface area contributed by atoms with Crippen LogP contribution in [-0.4, -0.2) is 76.3 Å². The predicted molar refractivity (Wildman–Crippen MR) is 135 cm³/mol. The van der Waals surface area contributed by atoms with E-state index in [4.69, 9.17) is 14.5 Å². The van der Waals surface area contributed by atoms with E-state index in [2.05, 4.69) is 22.5 Å². The predicted octanol–water partition coefficient (Wildman–Crippen LogP) is 2.47. The highest BCUT2D eigenvalue weighted by atomic mass is 127. The maximum absolute atomic E-state index is 11.7. The summed E-state index contributed by atoms with van der Waals surface area (Å²) in [5.74, 6) is 2.73. The van der Waals surface area contributed by atoms with Crippen molar-refractivity contribution in [3.8, 4) is 11.5 Å². The number of likely N-dealkylation sites (tertiary alicyclic amines) is 1. The van der Waals surface area contributed by atoms with Crippen molar-refractivity contribution in [2.45, 2.75) is 38.6 Å². The lowest BCUT2D eigenvalue weighted by atomic mass is 10.2. The molecule has 9 heteroatoms. The molecule has 0 spiro atoms. The summed E-state index contributed by atoms with van der Waals surface area (Å²) in [6.45, 7) is 7.16. The molecule has 8 nitrogen and oxygen atoms in total. The lowest BCUT2D eigenvalue weighted by Gasteiger charge is -2.21. The lowest BCUT2D eigenvalue weighted by molar-refractivity contribution is -0.127. The maximum Gasteiger partial charge on any atom is 0.222 e. The van der Waals surface area contributed by atoms with Crippen LogP contribution in [-0.2, 0) is 4.79 Å². The summed E-state index contributed by atoms with van der Waals surface area (Å²) in [5, 5.41) is 6.90. The molecule has 31 heavy (non-hydrogen) atoms. The SMILES string of the molecule is CCNC(=NCCCN1CCCC1=O)NC1CCN(c2cc(OC)cc(OC)c2)C1.I. The van der Waals surface area contributed by atoms with E-state index in [-0.39, 0.29) is 29.9 Å². The number of ether oxygens (including phenoxy) is 2. The highest BCUT2D eigenvalue weighted by Crippen LogP contribution is 2.30. The molecule has 0 aromatic heterocycles. The van der Waals surface area contributed by atoms with E-state index >= 15 is 0 Å². The van der Waals surface area contributed by atoms with E-state index in [1.54, 1.807) is 14.2 Å². The van der Waals surface area contributed by atoms with E-state index in [1.165, 1.54) is 0 Å². The highest BCUT2D eigenvalue weighted by Gasteiger charge is 2.24. The third-order valence-electron chi connectivity index (χ3n) is 5.60. The lowest BCUT2D eigenvalue weighted by Crippen LogP contribution is -2.44. The first-order valence-corrected chi connectivity index (χ1v) is 10.9.